The first-order valence-electron chi connectivity index (χ1n) is 10.5. The number of fused-ring (bicyclic) bond motifs is 3. The lowest BCUT2D eigenvalue weighted by molar-refractivity contribution is -0.134. The van der Waals surface area contributed by atoms with E-state index in [2.05, 4.69) is 24.3 Å². The molecule has 3 aliphatic rings. The number of likely N-dealkylation sites (tertiary alicyclic amines) is 1. The predicted octanol–water partition coefficient (Wildman–Crippen LogP) is 2.39. The van der Waals surface area contributed by atoms with Gasteiger partial charge in [-0.25, -0.2) is 15.0 Å². The highest BCUT2D eigenvalue weighted by Crippen LogP contribution is 2.30. The Morgan fingerprint density at radius 1 is 0.963 bits per heavy atom. The third kappa shape index (κ3) is 3.07. The molecular formula is C20H28N6O. The smallest absolute Gasteiger partial charge is 0.227 e. The maximum atomic E-state index is 12.9. The summed E-state index contributed by atoms with van der Waals surface area (Å²) in [7, 11) is 0. The highest BCUT2D eigenvalue weighted by Gasteiger charge is 2.32. The number of anilines is 1. The average Bonchev–Trinajstić information content (AvgIpc) is 3.30. The summed E-state index contributed by atoms with van der Waals surface area (Å²) in [6.45, 7) is 4.56. The van der Waals surface area contributed by atoms with E-state index in [4.69, 9.17) is 4.98 Å². The molecule has 0 spiro atoms. The SMILES string of the molecule is O=C(C1CCCN(c2ncnc3c2nc2n3CCCCC2)C1)N1CCCC1. The Morgan fingerprint density at radius 3 is 2.70 bits per heavy atom. The van der Waals surface area contributed by atoms with Gasteiger partial charge in [-0.1, -0.05) is 6.42 Å². The van der Waals surface area contributed by atoms with Crippen molar-refractivity contribution in [1.82, 2.24) is 24.4 Å². The Labute approximate surface area is 159 Å². The number of hydrogen-bond acceptors (Lipinski definition) is 5. The van der Waals surface area contributed by atoms with Gasteiger partial charge >= 0.3 is 0 Å². The van der Waals surface area contributed by atoms with E-state index in [1.54, 1.807) is 6.33 Å². The summed E-state index contributed by atoms with van der Waals surface area (Å²) in [5.41, 5.74) is 1.88. The minimum Gasteiger partial charge on any atom is -0.354 e. The zero-order chi connectivity index (χ0) is 18.2. The molecule has 0 radical (unpaired) electrons. The third-order valence-corrected chi connectivity index (χ3v) is 6.36. The molecule has 144 valence electrons. The highest BCUT2D eigenvalue weighted by atomic mass is 16.2. The van der Waals surface area contributed by atoms with E-state index in [0.29, 0.717) is 5.91 Å². The van der Waals surface area contributed by atoms with Crippen molar-refractivity contribution in [2.75, 3.05) is 31.1 Å². The average molecular weight is 368 g/mol. The summed E-state index contributed by atoms with van der Waals surface area (Å²) in [4.78, 5) is 31.3. The van der Waals surface area contributed by atoms with E-state index < -0.39 is 0 Å². The van der Waals surface area contributed by atoms with E-state index in [1.165, 1.54) is 19.3 Å². The van der Waals surface area contributed by atoms with E-state index >= 15 is 0 Å². The van der Waals surface area contributed by atoms with Crippen LogP contribution in [0, 0.1) is 5.92 Å². The Hall–Kier alpha value is -2.18. The number of hydrogen-bond donors (Lipinski definition) is 0. The number of aromatic nitrogens is 4. The topological polar surface area (TPSA) is 67.2 Å². The zero-order valence-corrected chi connectivity index (χ0v) is 15.9. The molecule has 1 unspecified atom stereocenters. The molecule has 0 aromatic carbocycles. The monoisotopic (exact) mass is 368 g/mol. The van der Waals surface area contributed by atoms with Crippen LogP contribution < -0.4 is 4.90 Å². The van der Waals surface area contributed by atoms with Crippen LogP contribution in [0.3, 0.4) is 0 Å². The molecule has 1 amide bonds. The second kappa shape index (κ2) is 7.09. The van der Waals surface area contributed by atoms with Gasteiger partial charge in [-0.15, -0.1) is 0 Å². The van der Waals surface area contributed by atoms with Crippen molar-refractivity contribution in [3.8, 4) is 0 Å². The van der Waals surface area contributed by atoms with Gasteiger partial charge in [-0.3, -0.25) is 4.79 Å². The van der Waals surface area contributed by atoms with Gasteiger partial charge < -0.3 is 14.4 Å². The first kappa shape index (κ1) is 17.0. The van der Waals surface area contributed by atoms with E-state index in [0.717, 1.165) is 87.6 Å². The van der Waals surface area contributed by atoms with Crippen molar-refractivity contribution < 1.29 is 4.79 Å². The van der Waals surface area contributed by atoms with Crippen molar-refractivity contribution >= 4 is 22.9 Å². The van der Waals surface area contributed by atoms with Gasteiger partial charge in [0.1, 0.15) is 12.2 Å². The van der Waals surface area contributed by atoms with Crippen molar-refractivity contribution in [2.45, 2.75) is 57.9 Å². The van der Waals surface area contributed by atoms with Crippen LogP contribution in [0.4, 0.5) is 5.82 Å². The van der Waals surface area contributed by atoms with Gasteiger partial charge in [0, 0.05) is 39.1 Å². The number of piperidine rings is 1. The number of carbonyl (C=O) groups is 1. The summed E-state index contributed by atoms with van der Waals surface area (Å²) < 4.78 is 2.28. The number of imidazole rings is 1. The molecule has 2 aromatic heterocycles. The largest absolute Gasteiger partial charge is 0.354 e. The Bertz CT molecular complexity index is 840. The summed E-state index contributed by atoms with van der Waals surface area (Å²) in [5, 5.41) is 0. The molecule has 0 bridgehead atoms. The van der Waals surface area contributed by atoms with Crippen LogP contribution in [0.5, 0.6) is 0 Å². The normalized spacial score (nSPS) is 23.5. The lowest BCUT2D eigenvalue weighted by atomic mass is 9.96. The zero-order valence-electron chi connectivity index (χ0n) is 15.9. The minimum absolute atomic E-state index is 0.0855. The second-order valence-electron chi connectivity index (χ2n) is 8.18. The Kier molecular flexibility index (Phi) is 4.45. The van der Waals surface area contributed by atoms with E-state index in [-0.39, 0.29) is 5.92 Å². The molecule has 0 N–H and O–H groups in total. The molecular weight excluding hydrogens is 340 g/mol. The molecule has 0 saturated carbocycles. The number of aryl methyl sites for hydroxylation is 2. The third-order valence-electron chi connectivity index (χ3n) is 6.36. The van der Waals surface area contributed by atoms with Crippen LogP contribution in [0.1, 0.15) is 50.8 Å². The number of nitrogens with zero attached hydrogens (tertiary/aromatic N) is 6. The lowest BCUT2D eigenvalue weighted by Gasteiger charge is -2.34. The quantitative estimate of drug-likeness (QED) is 0.814. The van der Waals surface area contributed by atoms with Crippen LogP contribution >= 0.6 is 0 Å². The van der Waals surface area contributed by atoms with Gasteiger partial charge in [-0.2, -0.15) is 0 Å². The molecule has 3 aliphatic heterocycles. The molecule has 1 atom stereocenters. The minimum atomic E-state index is 0.0855. The fourth-order valence-electron chi connectivity index (χ4n) is 4.92. The van der Waals surface area contributed by atoms with Gasteiger partial charge in [0.05, 0.1) is 5.92 Å². The molecule has 2 saturated heterocycles. The number of amides is 1. The molecule has 0 aliphatic carbocycles. The summed E-state index contributed by atoms with van der Waals surface area (Å²) in [6, 6.07) is 0. The fraction of sp³-hybridized carbons (Fsp3) is 0.700. The molecule has 27 heavy (non-hydrogen) atoms. The fourth-order valence-corrected chi connectivity index (χ4v) is 4.92. The standard InChI is InChI=1S/C20H28N6O/c27-20(24-9-4-5-10-24)15-7-6-11-25(13-15)18-17-19(22-14-21-18)26-12-3-1-2-8-16(26)23-17/h14-15H,1-13H2. The Balaban J connectivity index is 1.43. The van der Waals surface area contributed by atoms with Crippen LogP contribution in [0.25, 0.3) is 11.2 Å². The highest BCUT2D eigenvalue weighted by molar-refractivity contribution is 5.85. The van der Waals surface area contributed by atoms with E-state index in [1.807, 2.05) is 0 Å². The van der Waals surface area contributed by atoms with Gasteiger partial charge in [0.25, 0.3) is 0 Å². The second-order valence-corrected chi connectivity index (χ2v) is 8.18. The molecule has 5 rings (SSSR count). The van der Waals surface area contributed by atoms with E-state index in [9.17, 15) is 4.79 Å². The predicted molar refractivity (Wildman–Crippen MR) is 104 cm³/mol. The molecule has 7 heteroatoms. The number of carbonyl (C=O) groups excluding carboxylic acids is 1. The van der Waals surface area contributed by atoms with Gasteiger partial charge in [0.15, 0.2) is 17.0 Å². The van der Waals surface area contributed by atoms with Crippen LogP contribution in [0.2, 0.25) is 0 Å². The summed E-state index contributed by atoms with van der Waals surface area (Å²) >= 11 is 0. The first-order valence-corrected chi connectivity index (χ1v) is 10.5. The van der Waals surface area contributed by atoms with Crippen molar-refractivity contribution in [2.24, 2.45) is 5.92 Å². The Morgan fingerprint density at radius 2 is 1.81 bits per heavy atom. The maximum absolute atomic E-state index is 12.9. The molecule has 2 fully saturated rings. The molecule has 7 nitrogen and oxygen atoms in total. The first-order chi connectivity index (χ1) is 13.3. The lowest BCUT2D eigenvalue weighted by Crippen LogP contribution is -2.44. The van der Waals surface area contributed by atoms with Crippen LogP contribution in [-0.4, -0.2) is 56.5 Å². The number of rotatable bonds is 2. The van der Waals surface area contributed by atoms with Gasteiger partial charge in [0.2, 0.25) is 5.91 Å². The summed E-state index contributed by atoms with van der Waals surface area (Å²) in [5.74, 6) is 2.48. The van der Waals surface area contributed by atoms with Crippen molar-refractivity contribution in [1.29, 1.82) is 0 Å². The molecule has 2 aromatic rings. The van der Waals surface area contributed by atoms with Crippen molar-refractivity contribution in [3.05, 3.63) is 12.2 Å². The van der Waals surface area contributed by atoms with Gasteiger partial charge in [-0.05, 0) is 38.5 Å². The van der Waals surface area contributed by atoms with Crippen molar-refractivity contribution in [3.63, 3.8) is 0 Å². The summed E-state index contributed by atoms with van der Waals surface area (Å²) in [6.07, 6.45) is 10.6. The maximum Gasteiger partial charge on any atom is 0.227 e. The van der Waals surface area contributed by atoms with Crippen LogP contribution in [0.15, 0.2) is 6.33 Å². The molecule has 5 heterocycles. The van der Waals surface area contributed by atoms with Crippen LogP contribution in [-0.2, 0) is 17.8 Å².